The third kappa shape index (κ3) is 2.85. The van der Waals surface area contributed by atoms with Crippen molar-refractivity contribution in [2.75, 3.05) is 0 Å². The number of ketones is 1. The lowest BCUT2D eigenvalue weighted by Gasteiger charge is -2.09. The van der Waals surface area contributed by atoms with Gasteiger partial charge in [0.15, 0.2) is 12.1 Å². The minimum atomic E-state index is -3.00. The van der Waals surface area contributed by atoms with E-state index in [0.717, 1.165) is 12.1 Å². The SMILES string of the molecule is CC(=O)c1cc(OC(F)F)cc(C=O)c1Br. The van der Waals surface area contributed by atoms with Crippen LogP contribution in [0.3, 0.4) is 0 Å². The van der Waals surface area contributed by atoms with Gasteiger partial charge in [0.05, 0.1) is 0 Å². The molecule has 0 aromatic heterocycles. The molecule has 3 nitrogen and oxygen atoms in total. The highest BCUT2D eigenvalue weighted by molar-refractivity contribution is 9.10. The molecule has 0 heterocycles. The van der Waals surface area contributed by atoms with Crippen LogP contribution in [0.25, 0.3) is 0 Å². The smallest absolute Gasteiger partial charge is 0.387 e. The first-order valence-corrected chi connectivity index (χ1v) is 4.99. The van der Waals surface area contributed by atoms with Gasteiger partial charge in [-0.25, -0.2) is 0 Å². The van der Waals surface area contributed by atoms with Crippen LogP contribution in [0.4, 0.5) is 8.78 Å². The Labute approximate surface area is 98.5 Å². The molecule has 0 aliphatic rings. The van der Waals surface area contributed by atoms with Gasteiger partial charge in [-0.1, -0.05) is 0 Å². The van der Waals surface area contributed by atoms with Crippen molar-refractivity contribution in [3.8, 4) is 5.75 Å². The average molecular weight is 293 g/mol. The Morgan fingerprint density at radius 2 is 2.12 bits per heavy atom. The van der Waals surface area contributed by atoms with Crippen LogP contribution >= 0.6 is 15.9 Å². The number of aldehydes is 1. The molecule has 0 atom stereocenters. The van der Waals surface area contributed by atoms with E-state index in [0.29, 0.717) is 6.29 Å². The molecule has 0 bridgehead atoms. The topological polar surface area (TPSA) is 43.4 Å². The van der Waals surface area contributed by atoms with Crippen molar-refractivity contribution in [2.24, 2.45) is 0 Å². The van der Waals surface area contributed by atoms with Gasteiger partial charge in [-0.2, -0.15) is 8.78 Å². The maximum Gasteiger partial charge on any atom is 0.387 e. The zero-order valence-electron chi connectivity index (χ0n) is 8.17. The van der Waals surface area contributed by atoms with Crippen LogP contribution in [0, 0.1) is 0 Å². The molecule has 16 heavy (non-hydrogen) atoms. The molecule has 0 aliphatic carbocycles. The summed E-state index contributed by atoms with van der Waals surface area (Å²) in [6, 6.07) is 2.29. The Hall–Kier alpha value is -1.30. The standard InChI is InChI=1S/C10H7BrF2O3/c1-5(15)8-3-7(16-10(12)13)2-6(4-14)9(8)11/h2-4,10H,1H3. The second-order valence-electron chi connectivity index (χ2n) is 2.93. The van der Waals surface area contributed by atoms with Crippen molar-refractivity contribution in [3.63, 3.8) is 0 Å². The highest BCUT2D eigenvalue weighted by Crippen LogP contribution is 2.27. The van der Waals surface area contributed by atoms with Crippen LogP contribution in [0.5, 0.6) is 5.75 Å². The molecule has 0 N–H and O–H groups in total. The molecule has 6 heteroatoms. The summed E-state index contributed by atoms with van der Waals surface area (Å²) in [7, 11) is 0. The van der Waals surface area contributed by atoms with Gasteiger partial charge in [-0.05, 0) is 35.0 Å². The van der Waals surface area contributed by atoms with Gasteiger partial charge in [0.2, 0.25) is 0 Å². The number of alkyl halides is 2. The molecular weight excluding hydrogens is 286 g/mol. The van der Waals surface area contributed by atoms with Crippen molar-refractivity contribution < 1.29 is 23.1 Å². The van der Waals surface area contributed by atoms with E-state index in [9.17, 15) is 18.4 Å². The number of halogens is 3. The number of carbonyl (C=O) groups is 2. The van der Waals surface area contributed by atoms with Crippen LogP contribution in [0.2, 0.25) is 0 Å². The summed E-state index contributed by atoms with van der Waals surface area (Å²) >= 11 is 3.05. The number of carbonyl (C=O) groups excluding carboxylic acids is 2. The fraction of sp³-hybridized carbons (Fsp3) is 0.200. The highest BCUT2D eigenvalue weighted by atomic mass is 79.9. The molecule has 1 aromatic carbocycles. The van der Waals surface area contributed by atoms with Crippen LogP contribution in [-0.4, -0.2) is 18.7 Å². The third-order valence-electron chi connectivity index (χ3n) is 1.81. The lowest BCUT2D eigenvalue weighted by atomic mass is 10.1. The number of hydrogen-bond acceptors (Lipinski definition) is 3. The van der Waals surface area contributed by atoms with Gasteiger partial charge in [-0.15, -0.1) is 0 Å². The van der Waals surface area contributed by atoms with Crippen LogP contribution < -0.4 is 4.74 Å². The van der Waals surface area contributed by atoms with E-state index in [1.54, 1.807) is 0 Å². The molecule has 0 fully saturated rings. The Bertz CT molecular complexity index is 432. The number of Topliss-reactive ketones (excluding diaryl/α,β-unsaturated/α-hetero) is 1. The Morgan fingerprint density at radius 3 is 2.56 bits per heavy atom. The maximum absolute atomic E-state index is 12.0. The number of ether oxygens (including phenoxy) is 1. The predicted molar refractivity (Wildman–Crippen MR) is 56.2 cm³/mol. The van der Waals surface area contributed by atoms with Crippen molar-refractivity contribution in [3.05, 3.63) is 27.7 Å². The molecule has 0 radical (unpaired) electrons. The fourth-order valence-electron chi connectivity index (χ4n) is 1.13. The largest absolute Gasteiger partial charge is 0.435 e. The van der Waals surface area contributed by atoms with Crippen LogP contribution in [0.1, 0.15) is 27.6 Å². The summed E-state index contributed by atoms with van der Waals surface area (Å²) in [6.07, 6.45) is 0.453. The normalized spacial score (nSPS) is 10.3. The van der Waals surface area contributed by atoms with Crippen molar-refractivity contribution in [1.29, 1.82) is 0 Å². The van der Waals surface area contributed by atoms with E-state index < -0.39 is 6.61 Å². The Kier molecular flexibility index (Phi) is 4.12. The van der Waals surface area contributed by atoms with Crippen molar-refractivity contribution in [2.45, 2.75) is 13.5 Å². The second-order valence-corrected chi connectivity index (χ2v) is 3.72. The van der Waals surface area contributed by atoms with Gasteiger partial charge in [-0.3, -0.25) is 9.59 Å². The Balaban J connectivity index is 3.28. The molecule has 1 rings (SSSR count). The quantitative estimate of drug-likeness (QED) is 0.633. The van der Waals surface area contributed by atoms with Gasteiger partial charge < -0.3 is 4.74 Å². The van der Waals surface area contributed by atoms with Gasteiger partial charge in [0.1, 0.15) is 5.75 Å². The number of benzene rings is 1. The summed E-state index contributed by atoms with van der Waals surface area (Å²) in [6.45, 7) is -1.73. The van der Waals surface area contributed by atoms with Gasteiger partial charge >= 0.3 is 6.61 Å². The summed E-state index contributed by atoms with van der Waals surface area (Å²) in [4.78, 5) is 21.8. The monoisotopic (exact) mass is 292 g/mol. The summed E-state index contributed by atoms with van der Waals surface area (Å²) < 4.78 is 28.4. The molecular formula is C10H7BrF2O3. The minimum absolute atomic E-state index is 0.0864. The lowest BCUT2D eigenvalue weighted by Crippen LogP contribution is -2.05. The summed E-state index contributed by atoms with van der Waals surface area (Å²) in [5.41, 5.74) is 0.212. The van der Waals surface area contributed by atoms with E-state index in [4.69, 9.17) is 0 Å². The number of hydrogen-bond donors (Lipinski definition) is 0. The molecule has 0 amide bonds. The molecule has 0 aliphatic heterocycles. The predicted octanol–water partition coefficient (Wildman–Crippen LogP) is 3.07. The zero-order chi connectivity index (χ0) is 12.3. The first-order valence-electron chi connectivity index (χ1n) is 4.20. The Morgan fingerprint density at radius 1 is 1.50 bits per heavy atom. The molecule has 0 spiro atoms. The van der Waals surface area contributed by atoms with Gasteiger partial charge in [0.25, 0.3) is 0 Å². The average Bonchev–Trinajstić information content (AvgIpc) is 2.19. The zero-order valence-corrected chi connectivity index (χ0v) is 9.75. The molecule has 1 aromatic rings. The second kappa shape index (κ2) is 5.16. The minimum Gasteiger partial charge on any atom is -0.435 e. The third-order valence-corrected chi connectivity index (χ3v) is 2.69. The van der Waals surface area contributed by atoms with E-state index in [1.807, 2.05) is 0 Å². The molecule has 0 saturated carbocycles. The summed E-state index contributed by atoms with van der Waals surface area (Å²) in [5, 5.41) is 0. The lowest BCUT2D eigenvalue weighted by molar-refractivity contribution is -0.0499. The summed E-state index contributed by atoms with van der Waals surface area (Å²) in [5.74, 6) is -0.569. The number of rotatable bonds is 4. The highest BCUT2D eigenvalue weighted by Gasteiger charge is 2.14. The van der Waals surface area contributed by atoms with Crippen molar-refractivity contribution >= 4 is 28.0 Å². The van der Waals surface area contributed by atoms with E-state index in [1.165, 1.54) is 6.92 Å². The van der Waals surface area contributed by atoms with E-state index in [2.05, 4.69) is 20.7 Å². The van der Waals surface area contributed by atoms with E-state index >= 15 is 0 Å². The molecule has 86 valence electrons. The van der Waals surface area contributed by atoms with Crippen LogP contribution in [0.15, 0.2) is 16.6 Å². The molecule has 0 saturated heterocycles. The first-order chi connectivity index (χ1) is 7.45. The van der Waals surface area contributed by atoms with Gasteiger partial charge in [0, 0.05) is 15.6 Å². The van der Waals surface area contributed by atoms with Crippen LogP contribution in [-0.2, 0) is 0 Å². The first kappa shape index (κ1) is 12.8. The maximum atomic E-state index is 12.0. The molecule has 0 unspecified atom stereocenters. The van der Waals surface area contributed by atoms with Crippen molar-refractivity contribution in [1.82, 2.24) is 0 Å². The van der Waals surface area contributed by atoms with E-state index in [-0.39, 0.29) is 27.1 Å². The fourth-order valence-corrected chi connectivity index (χ4v) is 1.73.